The molecule has 0 fully saturated rings. The van der Waals surface area contributed by atoms with Gasteiger partial charge in [0.2, 0.25) is 12.3 Å². The minimum atomic E-state index is -0.405. The number of hydrogen-bond donors (Lipinski definition) is 0. The molecule has 14 heavy (non-hydrogen) atoms. The monoisotopic (exact) mass is 194 g/mol. The molecule has 0 radical (unpaired) electrons. The maximum absolute atomic E-state index is 13.0. The first kappa shape index (κ1) is 8.68. The normalized spacial score (nSPS) is 10.1. The van der Waals surface area contributed by atoms with Crippen LogP contribution in [0.1, 0.15) is 0 Å². The highest BCUT2D eigenvalue weighted by atomic mass is 19.1. The fraction of sp³-hybridized carbons (Fsp3) is 0.111. The second-order valence-corrected chi connectivity index (χ2v) is 2.62. The molecule has 5 heteroatoms. The SMILES string of the molecule is COc1cc(F)cc(-c2nnco2)c1. The Morgan fingerprint density at radius 2 is 2.21 bits per heavy atom. The summed E-state index contributed by atoms with van der Waals surface area (Å²) in [7, 11) is 1.46. The van der Waals surface area contributed by atoms with Crippen molar-refractivity contribution < 1.29 is 13.5 Å². The lowest BCUT2D eigenvalue weighted by molar-refractivity contribution is 0.411. The maximum Gasteiger partial charge on any atom is 0.247 e. The van der Waals surface area contributed by atoms with Crippen LogP contribution in [0.25, 0.3) is 11.5 Å². The van der Waals surface area contributed by atoms with E-state index in [1.807, 2.05) is 0 Å². The van der Waals surface area contributed by atoms with Crippen molar-refractivity contribution in [2.75, 3.05) is 7.11 Å². The molecule has 0 bridgehead atoms. The molecule has 2 rings (SSSR count). The number of methoxy groups -OCH3 is 1. The van der Waals surface area contributed by atoms with Crippen LogP contribution < -0.4 is 4.74 Å². The standard InChI is InChI=1S/C9H7FN2O2/c1-13-8-3-6(2-7(10)4-8)9-12-11-5-14-9/h2-5H,1H3. The smallest absolute Gasteiger partial charge is 0.247 e. The van der Waals surface area contributed by atoms with Gasteiger partial charge in [0.1, 0.15) is 11.6 Å². The zero-order chi connectivity index (χ0) is 9.97. The van der Waals surface area contributed by atoms with E-state index in [0.29, 0.717) is 11.3 Å². The molecule has 1 aromatic carbocycles. The molecule has 0 amide bonds. The number of rotatable bonds is 2. The summed E-state index contributed by atoms with van der Waals surface area (Å²) < 4.78 is 22.9. The lowest BCUT2D eigenvalue weighted by atomic mass is 10.2. The Balaban J connectivity index is 2.48. The molecule has 72 valence electrons. The first-order valence-electron chi connectivity index (χ1n) is 3.91. The van der Waals surface area contributed by atoms with E-state index in [4.69, 9.17) is 9.15 Å². The van der Waals surface area contributed by atoms with Crippen LogP contribution in [-0.4, -0.2) is 17.3 Å². The fourth-order valence-electron chi connectivity index (χ4n) is 1.10. The third kappa shape index (κ3) is 1.56. The van der Waals surface area contributed by atoms with Gasteiger partial charge in [-0.2, -0.15) is 0 Å². The molecule has 0 unspecified atom stereocenters. The van der Waals surface area contributed by atoms with Crippen LogP contribution in [0.15, 0.2) is 29.0 Å². The molecule has 0 saturated carbocycles. The van der Waals surface area contributed by atoms with Crippen molar-refractivity contribution in [3.63, 3.8) is 0 Å². The van der Waals surface area contributed by atoms with Crippen molar-refractivity contribution in [2.24, 2.45) is 0 Å². The van der Waals surface area contributed by atoms with Crippen LogP contribution in [0.3, 0.4) is 0 Å². The van der Waals surface area contributed by atoms with Crippen molar-refractivity contribution in [3.8, 4) is 17.2 Å². The Bertz CT molecular complexity index is 428. The zero-order valence-electron chi connectivity index (χ0n) is 7.40. The van der Waals surface area contributed by atoms with E-state index >= 15 is 0 Å². The predicted molar refractivity (Wildman–Crippen MR) is 46.2 cm³/mol. The highest BCUT2D eigenvalue weighted by Crippen LogP contribution is 2.23. The molecule has 0 N–H and O–H groups in total. The average Bonchev–Trinajstić information content (AvgIpc) is 2.69. The first-order chi connectivity index (χ1) is 6.79. The predicted octanol–water partition coefficient (Wildman–Crippen LogP) is 1.88. The quantitative estimate of drug-likeness (QED) is 0.732. The molecule has 1 aromatic heterocycles. The lowest BCUT2D eigenvalue weighted by Crippen LogP contribution is -1.87. The van der Waals surface area contributed by atoms with E-state index in [1.165, 1.54) is 25.6 Å². The molecule has 0 atom stereocenters. The Morgan fingerprint density at radius 1 is 1.36 bits per heavy atom. The van der Waals surface area contributed by atoms with Gasteiger partial charge in [-0.05, 0) is 12.1 Å². The molecule has 1 heterocycles. The molecule has 0 saturated heterocycles. The number of hydrogen-bond acceptors (Lipinski definition) is 4. The van der Waals surface area contributed by atoms with Crippen LogP contribution in [0.2, 0.25) is 0 Å². The third-order valence-electron chi connectivity index (χ3n) is 1.71. The second-order valence-electron chi connectivity index (χ2n) is 2.62. The van der Waals surface area contributed by atoms with Crippen LogP contribution >= 0.6 is 0 Å². The van der Waals surface area contributed by atoms with Gasteiger partial charge in [0.15, 0.2) is 0 Å². The molecule has 0 spiro atoms. The number of nitrogens with zero attached hydrogens (tertiary/aromatic N) is 2. The van der Waals surface area contributed by atoms with Gasteiger partial charge in [0.25, 0.3) is 0 Å². The number of ether oxygens (including phenoxy) is 1. The van der Waals surface area contributed by atoms with Gasteiger partial charge in [-0.1, -0.05) is 0 Å². The minimum absolute atomic E-state index is 0.266. The van der Waals surface area contributed by atoms with Gasteiger partial charge < -0.3 is 9.15 Å². The summed E-state index contributed by atoms with van der Waals surface area (Å²) in [6.45, 7) is 0. The highest BCUT2D eigenvalue weighted by molar-refractivity contribution is 5.55. The third-order valence-corrected chi connectivity index (χ3v) is 1.71. The number of aromatic nitrogens is 2. The van der Waals surface area contributed by atoms with E-state index in [1.54, 1.807) is 6.07 Å². The van der Waals surface area contributed by atoms with Crippen LogP contribution in [0, 0.1) is 5.82 Å². The molecule has 0 aliphatic carbocycles. The lowest BCUT2D eigenvalue weighted by Gasteiger charge is -2.01. The minimum Gasteiger partial charge on any atom is -0.497 e. The first-order valence-corrected chi connectivity index (χ1v) is 3.91. The summed E-state index contributed by atoms with van der Waals surface area (Å²) in [6.07, 6.45) is 1.19. The zero-order valence-corrected chi connectivity index (χ0v) is 7.40. The van der Waals surface area contributed by atoms with E-state index < -0.39 is 5.82 Å². The molecular weight excluding hydrogens is 187 g/mol. The Hall–Kier alpha value is -1.91. The largest absolute Gasteiger partial charge is 0.497 e. The summed E-state index contributed by atoms with van der Waals surface area (Å²) in [5, 5.41) is 7.17. The van der Waals surface area contributed by atoms with E-state index in [2.05, 4.69) is 10.2 Å². The van der Waals surface area contributed by atoms with Crippen molar-refractivity contribution in [2.45, 2.75) is 0 Å². The summed E-state index contributed by atoms with van der Waals surface area (Å²) in [5.74, 6) is 0.276. The van der Waals surface area contributed by atoms with E-state index in [0.717, 1.165) is 0 Å². The Labute approximate surface area is 79.3 Å². The van der Waals surface area contributed by atoms with Gasteiger partial charge in [0, 0.05) is 11.6 Å². The van der Waals surface area contributed by atoms with Crippen molar-refractivity contribution in [1.29, 1.82) is 0 Å². The Kier molecular flexibility index (Phi) is 2.14. The van der Waals surface area contributed by atoms with Gasteiger partial charge in [-0.3, -0.25) is 0 Å². The molecule has 2 aromatic rings. The number of halogens is 1. The Morgan fingerprint density at radius 3 is 2.86 bits per heavy atom. The number of benzene rings is 1. The van der Waals surface area contributed by atoms with Crippen molar-refractivity contribution in [1.82, 2.24) is 10.2 Å². The molecule has 4 nitrogen and oxygen atoms in total. The van der Waals surface area contributed by atoms with Gasteiger partial charge >= 0.3 is 0 Å². The fourth-order valence-corrected chi connectivity index (χ4v) is 1.10. The highest BCUT2D eigenvalue weighted by Gasteiger charge is 2.07. The summed E-state index contributed by atoms with van der Waals surface area (Å²) >= 11 is 0. The van der Waals surface area contributed by atoms with Crippen molar-refractivity contribution >= 4 is 0 Å². The van der Waals surface area contributed by atoms with Crippen LogP contribution in [-0.2, 0) is 0 Å². The average molecular weight is 194 g/mol. The van der Waals surface area contributed by atoms with E-state index in [9.17, 15) is 4.39 Å². The molecule has 0 aliphatic rings. The van der Waals surface area contributed by atoms with Gasteiger partial charge in [-0.25, -0.2) is 4.39 Å². The van der Waals surface area contributed by atoms with Crippen LogP contribution in [0.4, 0.5) is 4.39 Å². The summed E-state index contributed by atoms with van der Waals surface area (Å²) in [4.78, 5) is 0. The summed E-state index contributed by atoms with van der Waals surface area (Å²) in [6, 6.07) is 4.20. The topological polar surface area (TPSA) is 48.2 Å². The molecular formula is C9H7FN2O2. The van der Waals surface area contributed by atoms with Gasteiger partial charge in [-0.15, -0.1) is 10.2 Å². The van der Waals surface area contributed by atoms with E-state index in [-0.39, 0.29) is 5.89 Å². The summed E-state index contributed by atoms with van der Waals surface area (Å²) in [5.41, 5.74) is 0.499. The maximum atomic E-state index is 13.0. The van der Waals surface area contributed by atoms with Crippen LogP contribution in [0.5, 0.6) is 5.75 Å². The second kappa shape index (κ2) is 3.45. The van der Waals surface area contributed by atoms with Crippen molar-refractivity contribution in [3.05, 3.63) is 30.4 Å². The molecule has 0 aliphatic heterocycles. The van der Waals surface area contributed by atoms with Gasteiger partial charge in [0.05, 0.1) is 7.11 Å².